The molecule has 2 aliphatic rings. The Labute approximate surface area is 117 Å². The summed E-state index contributed by atoms with van der Waals surface area (Å²) in [5, 5.41) is 0.701. The Hall–Kier alpha value is -1.61. The van der Waals surface area contributed by atoms with Crippen molar-refractivity contribution in [3.8, 4) is 0 Å². The van der Waals surface area contributed by atoms with Gasteiger partial charge in [-0.1, -0.05) is 30.2 Å². The number of benzene rings is 1. The number of nitrogens with zero attached hydrogens (tertiary/aromatic N) is 2. The Morgan fingerprint density at radius 2 is 1.95 bits per heavy atom. The van der Waals surface area contributed by atoms with E-state index < -0.39 is 0 Å². The zero-order chi connectivity index (χ0) is 13.2. The molecule has 0 aliphatic carbocycles. The molecule has 98 valence electrons. The molecule has 0 atom stereocenters. The fourth-order valence-corrected chi connectivity index (χ4v) is 2.64. The lowest BCUT2D eigenvalue weighted by Crippen LogP contribution is -2.26. The second-order valence-corrected chi connectivity index (χ2v) is 5.31. The van der Waals surface area contributed by atoms with Gasteiger partial charge in [-0.05, 0) is 36.6 Å². The smallest absolute Gasteiger partial charge is 0.295 e. The third-order valence-corrected chi connectivity index (χ3v) is 3.76. The normalized spacial score (nSPS) is 21.3. The van der Waals surface area contributed by atoms with Crippen LogP contribution in [0.2, 0.25) is 5.02 Å². The van der Waals surface area contributed by atoms with Crippen LogP contribution < -0.4 is 0 Å². The summed E-state index contributed by atoms with van der Waals surface area (Å²) in [6.07, 6.45) is 6.25. The van der Waals surface area contributed by atoms with E-state index in [0.29, 0.717) is 10.7 Å². The molecule has 0 aromatic heterocycles. The van der Waals surface area contributed by atoms with E-state index in [0.717, 1.165) is 37.2 Å². The fraction of sp³-hybridized carbons (Fsp3) is 0.333. The summed E-state index contributed by atoms with van der Waals surface area (Å²) in [4.78, 5) is 18.2. The first kappa shape index (κ1) is 12.4. The largest absolute Gasteiger partial charge is 0.325 e. The highest BCUT2D eigenvalue weighted by atomic mass is 35.5. The Morgan fingerprint density at radius 1 is 1.16 bits per heavy atom. The van der Waals surface area contributed by atoms with Crippen LogP contribution in [-0.2, 0) is 4.79 Å². The molecule has 1 aromatic rings. The topological polar surface area (TPSA) is 32.7 Å². The molecule has 0 radical (unpaired) electrons. The molecule has 0 saturated carbocycles. The number of rotatable bonds is 1. The van der Waals surface area contributed by atoms with E-state index in [4.69, 9.17) is 11.6 Å². The standard InChI is InChI=1S/C15H15ClN2O/c16-12-7-5-11(6-8-12)10-13-15(19)17-14-4-2-1-3-9-18(13)14/h5-8,10H,1-4,9H2/b13-10-. The molecule has 1 fully saturated rings. The van der Waals surface area contributed by atoms with E-state index in [2.05, 4.69) is 9.89 Å². The summed E-state index contributed by atoms with van der Waals surface area (Å²) in [5.74, 6) is 0.814. The number of aliphatic imine (C=N–C) groups is 1. The van der Waals surface area contributed by atoms with Crippen molar-refractivity contribution in [1.29, 1.82) is 0 Å². The highest BCUT2D eigenvalue weighted by Crippen LogP contribution is 2.25. The zero-order valence-corrected chi connectivity index (χ0v) is 11.4. The molecule has 1 amide bonds. The average Bonchev–Trinajstić information content (AvgIpc) is 2.58. The van der Waals surface area contributed by atoms with Crippen LogP contribution in [0.3, 0.4) is 0 Å². The molecule has 0 spiro atoms. The van der Waals surface area contributed by atoms with Gasteiger partial charge in [-0.3, -0.25) is 4.79 Å². The summed E-state index contributed by atoms with van der Waals surface area (Å²) >= 11 is 5.87. The molecule has 3 rings (SSSR count). The highest BCUT2D eigenvalue weighted by molar-refractivity contribution is 6.30. The molecule has 0 unspecified atom stereocenters. The SMILES string of the molecule is O=C1N=C2CCCCCN2/C1=C\c1ccc(Cl)cc1. The first-order valence-electron chi connectivity index (χ1n) is 6.61. The van der Waals surface area contributed by atoms with Crippen LogP contribution in [0.25, 0.3) is 6.08 Å². The van der Waals surface area contributed by atoms with Crippen molar-refractivity contribution in [3.63, 3.8) is 0 Å². The summed E-state index contributed by atoms with van der Waals surface area (Å²) in [7, 11) is 0. The minimum absolute atomic E-state index is 0.119. The molecule has 3 nitrogen and oxygen atoms in total. The van der Waals surface area contributed by atoms with Gasteiger partial charge in [-0.2, -0.15) is 4.99 Å². The molecule has 19 heavy (non-hydrogen) atoms. The molecular weight excluding hydrogens is 260 g/mol. The van der Waals surface area contributed by atoms with Gasteiger partial charge < -0.3 is 4.90 Å². The van der Waals surface area contributed by atoms with Crippen LogP contribution in [0.1, 0.15) is 31.2 Å². The van der Waals surface area contributed by atoms with Crippen LogP contribution in [0.15, 0.2) is 35.0 Å². The first-order chi connectivity index (χ1) is 9.24. The Balaban J connectivity index is 1.91. The maximum absolute atomic E-state index is 12.0. The summed E-state index contributed by atoms with van der Waals surface area (Å²) in [5.41, 5.74) is 1.67. The van der Waals surface area contributed by atoms with Crippen molar-refractivity contribution >= 4 is 29.4 Å². The van der Waals surface area contributed by atoms with Crippen LogP contribution in [0, 0.1) is 0 Å². The lowest BCUT2D eigenvalue weighted by atomic mass is 10.2. The third-order valence-electron chi connectivity index (χ3n) is 3.51. The second kappa shape index (κ2) is 5.17. The predicted octanol–water partition coefficient (Wildman–Crippen LogP) is 3.50. The lowest BCUT2D eigenvalue weighted by molar-refractivity contribution is -0.114. The van der Waals surface area contributed by atoms with Crippen molar-refractivity contribution in [3.05, 3.63) is 40.5 Å². The maximum Gasteiger partial charge on any atom is 0.295 e. The molecule has 2 aliphatic heterocycles. The van der Waals surface area contributed by atoms with E-state index in [9.17, 15) is 4.79 Å². The van der Waals surface area contributed by atoms with Crippen molar-refractivity contribution in [1.82, 2.24) is 4.90 Å². The molecule has 1 aromatic carbocycles. The van der Waals surface area contributed by atoms with Crippen LogP contribution in [-0.4, -0.2) is 23.2 Å². The van der Waals surface area contributed by atoms with Gasteiger partial charge in [0.2, 0.25) is 0 Å². The number of amides is 1. The van der Waals surface area contributed by atoms with Gasteiger partial charge >= 0.3 is 0 Å². The molecule has 4 heteroatoms. The van der Waals surface area contributed by atoms with E-state index in [1.807, 2.05) is 30.3 Å². The van der Waals surface area contributed by atoms with E-state index in [1.54, 1.807) is 0 Å². The maximum atomic E-state index is 12.0. The van der Waals surface area contributed by atoms with Gasteiger partial charge in [-0.15, -0.1) is 0 Å². The highest BCUT2D eigenvalue weighted by Gasteiger charge is 2.29. The third kappa shape index (κ3) is 2.56. The fourth-order valence-electron chi connectivity index (χ4n) is 2.52. The molecule has 0 bridgehead atoms. The predicted molar refractivity (Wildman–Crippen MR) is 77.0 cm³/mol. The van der Waals surface area contributed by atoms with Crippen molar-refractivity contribution in [2.75, 3.05) is 6.54 Å². The number of halogens is 1. The number of carbonyl (C=O) groups is 1. The monoisotopic (exact) mass is 274 g/mol. The average molecular weight is 275 g/mol. The number of amidine groups is 1. The van der Waals surface area contributed by atoms with E-state index in [-0.39, 0.29) is 5.91 Å². The van der Waals surface area contributed by atoms with Crippen LogP contribution in [0.5, 0.6) is 0 Å². The molecule has 0 N–H and O–H groups in total. The summed E-state index contributed by atoms with van der Waals surface area (Å²) in [6, 6.07) is 7.49. The number of hydrogen-bond donors (Lipinski definition) is 0. The molecule has 2 heterocycles. The van der Waals surface area contributed by atoms with Gasteiger partial charge in [0.15, 0.2) is 0 Å². The Kier molecular flexibility index (Phi) is 3.38. The number of fused-ring (bicyclic) bond motifs is 1. The van der Waals surface area contributed by atoms with Crippen molar-refractivity contribution in [2.24, 2.45) is 4.99 Å². The lowest BCUT2D eigenvalue weighted by Gasteiger charge is -2.18. The van der Waals surface area contributed by atoms with Crippen molar-refractivity contribution < 1.29 is 4.79 Å². The van der Waals surface area contributed by atoms with E-state index >= 15 is 0 Å². The van der Waals surface area contributed by atoms with Gasteiger partial charge in [0.25, 0.3) is 5.91 Å². The minimum Gasteiger partial charge on any atom is -0.325 e. The summed E-state index contributed by atoms with van der Waals surface area (Å²) in [6.45, 7) is 0.893. The number of hydrogen-bond acceptors (Lipinski definition) is 2. The van der Waals surface area contributed by atoms with Gasteiger partial charge in [0, 0.05) is 18.0 Å². The first-order valence-corrected chi connectivity index (χ1v) is 6.98. The van der Waals surface area contributed by atoms with Crippen LogP contribution >= 0.6 is 11.6 Å². The summed E-state index contributed by atoms with van der Waals surface area (Å²) < 4.78 is 0. The Morgan fingerprint density at radius 3 is 2.74 bits per heavy atom. The second-order valence-electron chi connectivity index (χ2n) is 4.88. The van der Waals surface area contributed by atoms with Gasteiger partial charge in [-0.25, -0.2) is 0 Å². The minimum atomic E-state index is -0.119. The zero-order valence-electron chi connectivity index (χ0n) is 10.6. The molecule has 1 saturated heterocycles. The quantitative estimate of drug-likeness (QED) is 0.734. The van der Waals surface area contributed by atoms with Crippen LogP contribution in [0.4, 0.5) is 0 Å². The molecular formula is C15H15ClN2O. The Bertz CT molecular complexity index is 560. The van der Waals surface area contributed by atoms with Crippen molar-refractivity contribution in [2.45, 2.75) is 25.7 Å². The number of carbonyl (C=O) groups excluding carboxylic acids is 1. The van der Waals surface area contributed by atoms with Gasteiger partial charge in [0.05, 0.1) is 0 Å². The van der Waals surface area contributed by atoms with E-state index in [1.165, 1.54) is 6.42 Å². The van der Waals surface area contributed by atoms with Gasteiger partial charge in [0.1, 0.15) is 11.5 Å².